The number of nitrogens with two attached hydrogens (primary N) is 1. The molecule has 1 aliphatic rings. The normalized spacial score (nSPS) is 20.2. The summed E-state index contributed by atoms with van der Waals surface area (Å²) in [5.74, 6) is -2.12. The summed E-state index contributed by atoms with van der Waals surface area (Å²) < 4.78 is 0. The number of nitrogens with one attached hydrogen (secondary N) is 2. The zero-order valence-electron chi connectivity index (χ0n) is 10.8. The molecular formula is C14H11N5O2. The summed E-state index contributed by atoms with van der Waals surface area (Å²) in [5, 5.41) is 11.8. The number of H-pyrrole nitrogens is 1. The molecule has 1 aliphatic heterocycles. The SMILES string of the molecule is N#C[C@@H]1C(=O)Nc2nc(N)[nH]c(=O)c2[C@H]1c1ccccc1. The smallest absolute Gasteiger partial charge is 0.258 e. The summed E-state index contributed by atoms with van der Waals surface area (Å²) in [4.78, 5) is 30.6. The molecule has 2 atom stereocenters. The van der Waals surface area contributed by atoms with Crippen molar-refractivity contribution in [2.24, 2.45) is 5.92 Å². The van der Waals surface area contributed by atoms with E-state index in [0.717, 1.165) is 0 Å². The Morgan fingerprint density at radius 2 is 1.95 bits per heavy atom. The van der Waals surface area contributed by atoms with Crippen LogP contribution in [0.3, 0.4) is 0 Å². The summed E-state index contributed by atoms with van der Waals surface area (Å²) in [6.45, 7) is 0. The first-order valence-corrected chi connectivity index (χ1v) is 6.27. The predicted octanol–water partition coefficient (Wildman–Crippen LogP) is 0.576. The van der Waals surface area contributed by atoms with Gasteiger partial charge in [-0.25, -0.2) is 0 Å². The number of anilines is 2. The van der Waals surface area contributed by atoms with Gasteiger partial charge in [-0.05, 0) is 5.56 Å². The highest BCUT2D eigenvalue weighted by atomic mass is 16.2. The van der Waals surface area contributed by atoms with Gasteiger partial charge in [0.2, 0.25) is 11.9 Å². The number of nitrogens with zero attached hydrogens (tertiary/aromatic N) is 2. The van der Waals surface area contributed by atoms with Gasteiger partial charge in [-0.15, -0.1) is 0 Å². The first-order valence-electron chi connectivity index (χ1n) is 6.27. The van der Waals surface area contributed by atoms with E-state index >= 15 is 0 Å². The van der Waals surface area contributed by atoms with Gasteiger partial charge >= 0.3 is 0 Å². The molecule has 2 heterocycles. The van der Waals surface area contributed by atoms with E-state index in [2.05, 4.69) is 15.3 Å². The van der Waals surface area contributed by atoms with Crippen molar-refractivity contribution in [3.05, 3.63) is 51.8 Å². The number of nitriles is 1. The fraction of sp³-hybridized carbons (Fsp3) is 0.143. The molecule has 4 N–H and O–H groups in total. The molecule has 21 heavy (non-hydrogen) atoms. The van der Waals surface area contributed by atoms with Crippen molar-refractivity contribution in [3.8, 4) is 6.07 Å². The number of nitrogen functional groups attached to an aromatic ring is 1. The van der Waals surface area contributed by atoms with Gasteiger partial charge < -0.3 is 11.1 Å². The Morgan fingerprint density at radius 3 is 2.62 bits per heavy atom. The molecule has 1 amide bonds. The lowest BCUT2D eigenvalue weighted by Gasteiger charge is -2.28. The maximum Gasteiger partial charge on any atom is 0.258 e. The van der Waals surface area contributed by atoms with Crippen molar-refractivity contribution < 1.29 is 4.79 Å². The number of hydrogen-bond donors (Lipinski definition) is 3. The van der Waals surface area contributed by atoms with Crippen molar-refractivity contribution in [1.82, 2.24) is 9.97 Å². The molecule has 2 aromatic rings. The van der Waals surface area contributed by atoms with Gasteiger partial charge in [-0.2, -0.15) is 10.2 Å². The number of carbonyl (C=O) groups excluding carboxylic acids is 1. The van der Waals surface area contributed by atoms with Crippen LogP contribution in [0.4, 0.5) is 11.8 Å². The molecule has 0 bridgehead atoms. The fourth-order valence-corrected chi connectivity index (χ4v) is 2.55. The van der Waals surface area contributed by atoms with Crippen molar-refractivity contribution in [3.63, 3.8) is 0 Å². The molecule has 1 aromatic heterocycles. The number of carbonyl (C=O) groups is 1. The molecule has 0 fully saturated rings. The van der Waals surface area contributed by atoms with Crippen LogP contribution in [0.25, 0.3) is 0 Å². The number of rotatable bonds is 1. The first kappa shape index (κ1) is 12.9. The molecule has 0 spiro atoms. The first-order chi connectivity index (χ1) is 10.1. The Morgan fingerprint density at radius 1 is 1.24 bits per heavy atom. The third-order valence-electron chi connectivity index (χ3n) is 3.44. The minimum atomic E-state index is -0.994. The summed E-state index contributed by atoms with van der Waals surface area (Å²) in [5.41, 5.74) is 6.00. The van der Waals surface area contributed by atoms with E-state index < -0.39 is 23.3 Å². The second kappa shape index (κ2) is 4.76. The zero-order chi connectivity index (χ0) is 15.0. The van der Waals surface area contributed by atoms with Gasteiger partial charge in [-0.3, -0.25) is 14.6 Å². The summed E-state index contributed by atoms with van der Waals surface area (Å²) in [7, 11) is 0. The Bertz CT molecular complexity index is 806. The van der Waals surface area contributed by atoms with Crippen LogP contribution < -0.4 is 16.6 Å². The molecule has 0 saturated heterocycles. The van der Waals surface area contributed by atoms with Gasteiger partial charge in [0, 0.05) is 5.92 Å². The highest BCUT2D eigenvalue weighted by molar-refractivity contribution is 5.97. The lowest BCUT2D eigenvalue weighted by Crippen LogP contribution is -2.38. The molecular weight excluding hydrogens is 270 g/mol. The Labute approximate surface area is 119 Å². The summed E-state index contributed by atoms with van der Waals surface area (Å²) in [6.07, 6.45) is 0. The molecule has 7 nitrogen and oxygen atoms in total. The van der Waals surface area contributed by atoms with Gasteiger partial charge in [-0.1, -0.05) is 30.3 Å². The van der Waals surface area contributed by atoms with Crippen LogP contribution >= 0.6 is 0 Å². The highest BCUT2D eigenvalue weighted by Gasteiger charge is 2.39. The average molecular weight is 281 g/mol. The highest BCUT2D eigenvalue weighted by Crippen LogP contribution is 2.37. The van der Waals surface area contributed by atoms with E-state index in [9.17, 15) is 14.9 Å². The number of amides is 1. The third kappa shape index (κ3) is 2.03. The number of aromatic nitrogens is 2. The molecule has 104 valence electrons. The number of aromatic amines is 1. The topological polar surface area (TPSA) is 125 Å². The molecule has 1 aromatic carbocycles. The Hall–Kier alpha value is -3.14. The average Bonchev–Trinajstić information content (AvgIpc) is 2.46. The maximum atomic E-state index is 12.2. The van der Waals surface area contributed by atoms with Crippen LogP contribution in [-0.4, -0.2) is 15.9 Å². The number of fused-ring (bicyclic) bond motifs is 1. The number of hydrogen-bond acceptors (Lipinski definition) is 5. The lowest BCUT2D eigenvalue weighted by molar-refractivity contribution is -0.119. The molecule has 7 heteroatoms. The quantitative estimate of drug-likeness (QED) is 0.705. The fourth-order valence-electron chi connectivity index (χ4n) is 2.55. The van der Waals surface area contributed by atoms with E-state index in [0.29, 0.717) is 5.56 Å². The van der Waals surface area contributed by atoms with E-state index in [4.69, 9.17) is 5.73 Å². The number of benzene rings is 1. The predicted molar refractivity (Wildman–Crippen MR) is 75.3 cm³/mol. The van der Waals surface area contributed by atoms with Crippen LogP contribution in [0, 0.1) is 17.2 Å². The molecule has 0 radical (unpaired) electrons. The minimum Gasteiger partial charge on any atom is -0.369 e. The van der Waals surface area contributed by atoms with E-state index in [-0.39, 0.29) is 17.3 Å². The Balaban J connectivity index is 2.29. The van der Waals surface area contributed by atoms with Crippen LogP contribution in [-0.2, 0) is 4.79 Å². The van der Waals surface area contributed by atoms with Crippen LogP contribution in [0.2, 0.25) is 0 Å². The van der Waals surface area contributed by atoms with Crippen LogP contribution in [0.15, 0.2) is 35.1 Å². The van der Waals surface area contributed by atoms with E-state index in [1.54, 1.807) is 24.3 Å². The standard InChI is InChI=1S/C14H11N5O2/c15-6-8-9(7-4-2-1-3-5-7)10-11(17-12(8)20)18-14(16)19-13(10)21/h1-5,8-9H,(H4,16,17,18,19,20,21)/t8-,9-/m0/s1. The van der Waals surface area contributed by atoms with E-state index in [1.165, 1.54) is 0 Å². The van der Waals surface area contributed by atoms with Crippen LogP contribution in [0.5, 0.6) is 0 Å². The van der Waals surface area contributed by atoms with Gasteiger partial charge in [0.05, 0.1) is 11.6 Å². The van der Waals surface area contributed by atoms with Crippen LogP contribution in [0.1, 0.15) is 17.0 Å². The summed E-state index contributed by atoms with van der Waals surface area (Å²) in [6, 6.07) is 10.9. The molecule has 3 rings (SSSR count). The molecule has 0 aliphatic carbocycles. The zero-order valence-corrected chi connectivity index (χ0v) is 10.8. The second-order valence-corrected chi connectivity index (χ2v) is 4.70. The van der Waals surface area contributed by atoms with Crippen molar-refractivity contribution in [2.75, 3.05) is 11.1 Å². The molecule has 0 unspecified atom stereocenters. The van der Waals surface area contributed by atoms with Gasteiger partial charge in [0.15, 0.2) is 0 Å². The largest absolute Gasteiger partial charge is 0.369 e. The third-order valence-corrected chi connectivity index (χ3v) is 3.44. The van der Waals surface area contributed by atoms with Crippen molar-refractivity contribution in [1.29, 1.82) is 5.26 Å². The maximum absolute atomic E-state index is 12.2. The van der Waals surface area contributed by atoms with Gasteiger partial charge in [0.1, 0.15) is 11.7 Å². The molecule has 0 saturated carbocycles. The van der Waals surface area contributed by atoms with Crippen molar-refractivity contribution in [2.45, 2.75) is 5.92 Å². The van der Waals surface area contributed by atoms with E-state index in [1.807, 2.05) is 12.1 Å². The van der Waals surface area contributed by atoms with Gasteiger partial charge in [0.25, 0.3) is 5.56 Å². The summed E-state index contributed by atoms with van der Waals surface area (Å²) >= 11 is 0. The lowest BCUT2D eigenvalue weighted by atomic mass is 9.79. The Kier molecular flexibility index (Phi) is 2.92. The van der Waals surface area contributed by atoms with Crippen molar-refractivity contribution >= 4 is 17.7 Å². The second-order valence-electron chi connectivity index (χ2n) is 4.70. The minimum absolute atomic E-state index is 0.0822. The monoisotopic (exact) mass is 281 g/mol.